The van der Waals surface area contributed by atoms with E-state index in [4.69, 9.17) is 0 Å². The lowest BCUT2D eigenvalue weighted by Gasteiger charge is -2.03. The molecule has 0 aliphatic carbocycles. The molecule has 5 heteroatoms. The van der Waals surface area contributed by atoms with E-state index in [0.717, 1.165) is 36.8 Å². The van der Waals surface area contributed by atoms with Crippen LogP contribution in [-0.2, 0) is 13.1 Å². The van der Waals surface area contributed by atoms with Crippen LogP contribution in [-0.4, -0.2) is 16.3 Å². The molecule has 0 bridgehead atoms. The molecule has 0 unspecified atom stereocenters. The zero-order valence-corrected chi connectivity index (χ0v) is 11.8. The van der Waals surface area contributed by atoms with Gasteiger partial charge in [-0.1, -0.05) is 13.0 Å². The van der Waals surface area contributed by atoms with E-state index in [1.165, 1.54) is 12.1 Å². The van der Waals surface area contributed by atoms with Gasteiger partial charge in [-0.15, -0.1) is 0 Å². The second-order valence-corrected chi connectivity index (χ2v) is 4.85. The number of hydrogen-bond donors (Lipinski definition) is 1. The number of hydrogen-bond acceptors (Lipinski definition) is 2. The first-order valence-corrected chi connectivity index (χ1v) is 6.77. The first-order valence-electron chi connectivity index (χ1n) is 6.77. The Morgan fingerprint density at radius 1 is 1.25 bits per heavy atom. The van der Waals surface area contributed by atoms with Gasteiger partial charge in [-0.05, 0) is 26.0 Å². The van der Waals surface area contributed by atoms with E-state index in [9.17, 15) is 8.78 Å². The predicted molar refractivity (Wildman–Crippen MR) is 74.4 cm³/mol. The van der Waals surface area contributed by atoms with E-state index >= 15 is 0 Å². The molecular formula is C15H19F2N3. The third kappa shape index (κ3) is 3.63. The molecule has 0 atom stereocenters. The molecule has 0 radical (unpaired) electrons. The third-order valence-electron chi connectivity index (χ3n) is 3.14. The standard InChI is InChI=1S/C15H19F2N3/c1-3-6-18-8-13-10-20(19-11(13)2)9-12-4-5-14(16)7-15(12)17/h4-5,7,10,18H,3,6,8-9H2,1-2H3. The van der Waals surface area contributed by atoms with Crippen molar-refractivity contribution in [3.05, 3.63) is 52.9 Å². The minimum absolute atomic E-state index is 0.306. The summed E-state index contributed by atoms with van der Waals surface area (Å²) in [6, 6.07) is 3.62. The summed E-state index contributed by atoms with van der Waals surface area (Å²) in [6.45, 7) is 6.06. The van der Waals surface area contributed by atoms with Crippen LogP contribution < -0.4 is 5.32 Å². The molecule has 0 saturated carbocycles. The van der Waals surface area contributed by atoms with E-state index in [-0.39, 0.29) is 0 Å². The molecule has 1 aromatic carbocycles. The number of aromatic nitrogens is 2. The molecule has 1 heterocycles. The molecule has 1 aromatic heterocycles. The summed E-state index contributed by atoms with van der Waals surface area (Å²) in [6.07, 6.45) is 2.98. The number of halogens is 2. The highest BCUT2D eigenvalue weighted by molar-refractivity contribution is 5.20. The van der Waals surface area contributed by atoms with E-state index in [2.05, 4.69) is 17.3 Å². The van der Waals surface area contributed by atoms with Crippen molar-refractivity contribution in [1.29, 1.82) is 0 Å². The molecule has 0 spiro atoms. The summed E-state index contributed by atoms with van der Waals surface area (Å²) in [5, 5.41) is 7.68. The molecule has 2 aromatic rings. The molecular weight excluding hydrogens is 260 g/mol. The summed E-state index contributed by atoms with van der Waals surface area (Å²) >= 11 is 0. The van der Waals surface area contributed by atoms with Crippen molar-refractivity contribution in [2.24, 2.45) is 0 Å². The van der Waals surface area contributed by atoms with E-state index in [1.54, 1.807) is 4.68 Å². The maximum atomic E-state index is 13.6. The summed E-state index contributed by atoms with van der Waals surface area (Å²) in [5.41, 5.74) is 2.46. The Balaban J connectivity index is 2.08. The quantitative estimate of drug-likeness (QED) is 0.824. The average molecular weight is 279 g/mol. The molecule has 0 saturated heterocycles. The lowest BCUT2D eigenvalue weighted by Crippen LogP contribution is -2.13. The number of nitrogens with one attached hydrogen (secondary N) is 1. The molecule has 2 rings (SSSR count). The van der Waals surface area contributed by atoms with Crippen molar-refractivity contribution in [2.45, 2.75) is 33.4 Å². The van der Waals surface area contributed by atoms with Gasteiger partial charge in [0.05, 0.1) is 12.2 Å². The molecule has 3 nitrogen and oxygen atoms in total. The van der Waals surface area contributed by atoms with Gasteiger partial charge in [0.2, 0.25) is 0 Å². The van der Waals surface area contributed by atoms with Crippen LogP contribution in [0.15, 0.2) is 24.4 Å². The molecule has 0 amide bonds. The molecule has 108 valence electrons. The van der Waals surface area contributed by atoms with Gasteiger partial charge in [0.1, 0.15) is 11.6 Å². The summed E-state index contributed by atoms with van der Waals surface area (Å²) in [4.78, 5) is 0. The highest BCUT2D eigenvalue weighted by Gasteiger charge is 2.08. The number of nitrogens with zero attached hydrogens (tertiary/aromatic N) is 2. The van der Waals surface area contributed by atoms with Gasteiger partial charge in [0, 0.05) is 29.9 Å². The van der Waals surface area contributed by atoms with E-state index in [0.29, 0.717) is 12.1 Å². The SMILES string of the molecule is CCCNCc1cn(Cc2ccc(F)cc2F)nc1C. The largest absolute Gasteiger partial charge is 0.313 e. The highest BCUT2D eigenvalue weighted by atomic mass is 19.1. The minimum atomic E-state index is -0.563. The molecule has 0 aliphatic rings. The van der Waals surface area contributed by atoms with Crippen LogP contribution in [0.5, 0.6) is 0 Å². The Kier molecular flexibility index (Phi) is 4.84. The van der Waals surface area contributed by atoms with Crippen molar-refractivity contribution in [3.8, 4) is 0 Å². The number of aryl methyl sites for hydroxylation is 1. The zero-order chi connectivity index (χ0) is 14.5. The van der Waals surface area contributed by atoms with Crippen LogP contribution in [0.3, 0.4) is 0 Å². The Bertz CT molecular complexity index is 578. The van der Waals surface area contributed by atoms with Gasteiger partial charge < -0.3 is 5.32 Å². The Morgan fingerprint density at radius 3 is 2.75 bits per heavy atom. The van der Waals surface area contributed by atoms with Crippen LogP contribution in [0.25, 0.3) is 0 Å². The van der Waals surface area contributed by atoms with Crippen molar-refractivity contribution < 1.29 is 8.78 Å². The van der Waals surface area contributed by atoms with Gasteiger partial charge >= 0.3 is 0 Å². The van der Waals surface area contributed by atoms with Crippen LogP contribution in [0.2, 0.25) is 0 Å². The monoisotopic (exact) mass is 279 g/mol. The Hall–Kier alpha value is -1.75. The minimum Gasteiger partial charge on any atom is -0.313 e. The number of rotatable bonds is 6. The molecule has 0 fully saturated rings. The van der Waals surface area contributed by atoms with E-state index in [1.807, 2.05) is 13.1 Å². The molecule has 0 aliphatic heterocycles. The first kappa shape index (κ1) is 14.7. The number of benzene rings is 1. The van der Waals surface area contributed by atoms with Crippen molar-refractivity contribution in [2.75, 3.05) is 6.54 Å². The molecule has 20 heavy (non-hydrogen) atoms. The Labute approximate surface area is 117 Å². The highest BCUT2D eigenvalue weighted by Crippen LogP contribution is 2.13. The lowest BCUT2D eigenvalue weighted by atomic mass is 10.2. The van der Waals surface area contributed by atoms with Gasteiger partial charge in [-0.25, -0.2) is 8.78 Å². The maximum absolute atomic E-state index is 13.6. The first-order chi connectivity index (χ1) is 9.60. The van der Waals surface area contributed by atoms with Crippen molar-refractivity contribution in [1.82, 2.24) is 15.1 Å². The summed E-state index contributed by atoms with van der Waals surface area (Å²) in [7, 11) is 0. The topological polar surface area (TPSA) is 29.9 Å². The van der Waals surface area contributed by atoms with Gasteiger partial charge in [0.25, 0.3) is 0 Å². The summed E-state index contributed by atoms with van der Waals surface area (Å²) < 4.78 is 28.1. The third-order valence-corrected chi connectivity index (χ3v) is 3.14. The maximum Gasteiger partial charge on any atom is 0.131 e. The molecule has 1 N–H and O–H groups in total. The van der Waals surface area contributed by atoms with Crippen LogP contribution in [0.4, 0.5) is 8.78 Å². The predicted octanol–water partition coefficient (Wildman–Crippen LogP) is 3.02. The fourth-order valence-corrected chi connectivity index (χ4v) is 2.04. The normalized spacial score (nSPS) is 11.0. The van der Waals surface area contributed by atoms with Crippen molar-refractivity contribution in [3.63, 3.8) is 0 Å². The van der Waals surface area contributed by atoms with Gasteiger partial charge in [-0.3, -0.25) is 4.68 Å². The van der Waals surface area contributed by atoms with Crippen LogP contribution >= 0.6 is 0 Å². The van der Waals surface area contributed by atoms with E-state index < -0.39 is 11.6 Å². The average Bonchev–Trinajstić information content (AvgIpc) is 2.74. The van der Waals surface area contributed by atoms with Gasteiger partial charge in [-0.2, -0.15) is 5.10 Å². The fraction of sp³-hybridized carbons (Fsp3) is 0.400. The lowest BCUT2D eigenvalue weighted by molar-refractivity contribution is 0.557. The Morgan fingerprint density at radius 2 is 2.05 bits per heavy atom. The second-order valence-electron chi connectivity index (χ2n) is 4.85. The zero-order valence-electron chi connectivity index (χ0n) is 11.8. The summed E-state index contributed by atoms with van der Waals surface area (Å²) in [5.74, 6) is -1.10. The van der Waals surface area contributed by atoms with Gasteiger partial charge in [0.15, 0.2) is 0 Å². The van der Waals surface area contributed by atoms with Crippen LogP contribution in [0, 0.1) is 18.6 Å². The second kappa shape index (κ2) is 6.61. The fourth-order valence-electron chi connectivity index (χ4n) is 2.04. The smallest absolute Gasteiger partial charge is 0.131 e. The van der Waals surface area contributed by atoms with Crippen LogP contribution in [0.1, 0.15) is 30.2 Å². The van der Waals surface area contributed by atoms with Crippen molar-refractivity contribution >= 4 is 0 Å².